The van der Waals surface area contributed by atoms with Crippen molar-refractivity contribution in [3.8, 4) is 0 Å². The molecule has 0 spiro atoms. The first-order valence-corrected chi connectivity index (χ1v) is 7.38. The van der Waals surface area contributed by atoms with E-state index in [1.165, 1.54) is 19.3 Å². The number of nitrogens with two attached hydrogens (primary N) is 1. The minimum absolute atomic E-state index is 0.386. The van der Waals surface area contributed by atoms with Gasteiger partial charge in [0.2, 0.25) is 0 Å². The van der Waals surface area contributed by atoms with Crippen molar-refractivity contribution in [2.75, 3.05) is 11.9 Å². The van der Waals surface area contributed by atoms with Gasteiger partial charge in [0.1, 0.15) is 17.0 Å². The zero-order chi connectivity index (χ0) is 12.4. The van der Waals surface area contributed by atoms with Crippen LogP contribution in [0, 0.1) is 5.92 Å². The second-order valence-electron chi connectivity index (χ2n) is 5.04. The molecule has 1 saturated carbocycles. The molecule has 2 atom stereocenters. The summed E-state index contributed by atoms with van der Waals surface area (Å²) in [5.41, 5.74) is 6.02. The normalized spacial score (nSPS) is 24.3. The minimum atomic E-state index is 0.386. The van der Waals surface area contributed by atoms with Crippen molar-refractivity contribution in [3.63, 3.8) is 0 Å². The van der Waals surface area contributed by atoms with Crippen LogP contribution < -0.4 is 11.1 Å². The molecule has 1 aliphatic rings. The maximum atomic E-state index is 6.02. The summed E-state index contributed by atoms with van der Waals surface area (Å²) < 4.78 is 0. The van der Waals surface area contributed by atoms with Crippen LogP contribution in [0.3, 0.4) is 0 Å². The third-order valence-electron chi connectivity index (χ3n) is 3.64. The Labute approximate surface area is 111 Å². The molecule has 0 bridgehead atoms. The van der Waals surface area contributed by atoms with Crippen LogP contribution in [0.25, 0.3) is 10.2 Å². The van der Waals surface area contributed by atoms with E-state index in [1.807, 2.05) is 0 Å². The van der Waals surface area contributed by atoms with Crippen LogP contribution in [0.15, 0.2) is 17.8 Å². The first-order valence-electron chi connectivity index (χ1n) is 6.50. The monoisotopic (exact) mass is 262 g/mol. The molecule has 1 fully saturated rings. The highest BCUT2D eigenvalue weighted by atomic mass is 32.1. The molecule has 0 aliphatic heterocycles. The van der Waals surface area contributed by atoms with Gasteiger partial charge in [0, 0.05) is 12.6 Å². The van der Waals surface area contributed by atoms with E-state index in [9.17, 15) is 0 Å². The number of anilines is 1. The van der Waals surface area contributed by atoms with Gasteiger partial charge in [-0.15, -0.1) is 11.3 Å². The second kappa shape index (κ2) is 5.20. The maximum Gasteiger partial charge on any atom is 0.138 e. The number of nitrogens with zero attached hydrogens (tertiary/aromatic N) is 2. The Morgan fingerprint density at radius 1 is 1.39 bits per heavy atom. The maximum absolute atomic E-state index is 6.02. The van der Waals surface area contributed by atoms with Gasteiger partial charge in [-0.2, -0.15) is 0 Å². The molecule has 18 heavy (non-hydrogen) atoms. The predicted octanol–water partition coefficient (Wildman–Crippen LogP) is 2.62. The molecule has 2 aromatic heterocycles. The minimum Gasteiger partial charge on any atom is -0.369 e. The number of thiophene rings is 1. The van der Waals surface area contributed by atoms with Crippen LogP contribution >= 0.6 is 11.3 Å². The fourth-order valence-corrected chi connectivity index (χ4v) is 3.42. The molecule has 96 valence electrons. The average molecular weight is 262 g/mol. The van der Waals surface area contributed by atoms with Gasteiger partial charge in [-0.3, -0.25) is 0 Å². The third kappa shape index (κ3) is 2.47. The Balaban J connectivity index is 1.67. The molecular weight excluding hydrogens is 244 g/mol. The van der Waals surface area contributed by atoms with E-state index in [0.717, 1.165) is 29.0 Å². The van der Waals surface area contributed by atoms with E-state index in [4.69, 9.17) is 5.73 Å². The number of hydrogen-bond acceptors (Lipinski definition) is 5. The Kier molecular flexibility index (Phi) is 3.43. The van der Waals surface area contributed by atoms with Gasteiger partial charge in [-0.05, 0) is 36.6 Å². The molecule has 4 nitrogen and oxygen atoms in total. The number of nitrogens with one attached hydrogen (secondary N) is 1. The summed E-state index contributed by atoms with van der Waals surface area (Å²) in [6.07, 6.45) is 6.47. The van der Waals surface area contributed by atoms with Crippen LogP contribution in [0.2, 0.25) is 0 Å². The highest BCUT2D eigenvalue weighted by molar-refractivity contribution is 7.16. The van der Waals surface area contributed by atoms with Crippen molar-refractivity contribution in [1.82, 2.24) is 9.97 Å². The zero-order valence-electron chi connectivity index (χ0n) is 10.3. The van der Waals surface area contributed by atoms with E-state index >= 15 is 0 Å². The molecule has 0 saturated heterocycles. The van der Waals surface area contributed by atoms with E-state index < -0.39 is 0 Å². The molecule has 0 amide bonds. The first-order chi connectivity index (χ1) is 8.83. The van der Waals surface area contributed by atoms with Crippen molar-refractivity contribution in [2.24, 2.45) is 11.7 Å². The molecule has 0 radical (unpaired) electrons. The molecular formula is C13H18N4S. The lowest BCUT2D eigenvalue weighted by Gasteiger charge is -2.26. The second-order valence-corrected chi connectivity index (χ2v) is 5.93. The fourth-order valence-electron chi connectivity index (χ4n) is 2.69. The Morgan fingerprint density at radius 3 is 3.22 bits per heavy atom. The fraction of sp³-hybridized carbons (Fsp3) is 0.538. The van der Waals surface area contributed by atoms with Crippen molar-refractivity contribution in [3.05, 3.63) is 17.8 Å². The van der Waals surface area contributed by atoms with Gasteiger partial charge < -0.3 is 11.1 Å². The quantitative estimate of drug-likeness (QED) is 0.892. The topological polar surface area (TPSA) is 63.8 Å². The lowest BCUT2D eigenvalue weighted by molar-refractivity contribution is 0.335. The smallest absolute Gasteiger partial charge is 0.138 e. The van der Waals surface area contributed by atoms with Crippen molar-refractivity contribution in [1.29, 1.82) is 0 Å². The Hall–Kier alpha value is -1.20. The summed E-state index contributed by atoms with van der Waals surface area (Å²) in [5.74, 6) is 1.64. The van der Waals surface area contributed by atoms with Gasteiger partial charge in [0.05, 0.1) is 5.39 Å². The van der Waals surface area contributed by atoms with Crippen molar-refractivity contribution in [2.45, 2.75) is 31.7 Å². The highest BCUT2D eigenvalue weighted by Gasteiger charge is 2.19. The van der Waals surface area contributed by atoms with E-state index in [0.29, 0.717) is 12.0 Å². The number of aromatic nitrogens is 2. The van der Waals surface area contributed by atoms with Crippen LogP contribution in [0.5, 0.6) is 0 Å². The van der Waals surface area contributed by atoms with E-state index in [1.54, 1.807) is 17.7 Å². The summed E-state index contributed by atoms with van der Waals surface area (Å²) in [6.45, 7) is 0.968. The number of rotatable bonds is 3. The van der Waals surface area contributed by atoms with Gasteiger partial charge in [0.15, 0.2) is 0 Å². The SMILES string of the molecule is NC1CCCC(CNc2ncnc3sccc23)C1. The summed E-state index contributed by atoms with van der Waals surface area (Å²) in [4.78, 5) is 9.64. The standard InChI is InChI=1S/C13H18N4S/c14-10-3-1-2-9(6-10)7-15-12-11-4-5-18-13(11)17-8-16-12/h4-5,8-10H,1-3,6-7,14H2,(H,15,16,17). The lowest BCUT2D eigenvalue weighted by Crippen LogP contribution is -2.31. The van der Waals surface area contributed by atoms with Gasteiger partial charge in [-0.1, -0.05) is 6.42 Å². The van der Waals surface area contributed by atoms with E-state index in [2.05, 4.69) is 26.7 Å². The Morgan fingerprint density at radius 2 is 2.33 bits per heavy atom. The van der Waals surface area contributed by atoms with Crippen LogP contribution in [0.1, 0.15) is 25.7 Å². The van der Waals surface area contributed by atoms with Crippen molar-refractivity contribution >= 4 is 27.4 Å². The molecule has 1 aliphatic carbocycles. The molecule has 3 N–H and O–H groups in total. The highest BCUT2D eigenvalue weighted by Crippen LogP contribution is 2.26. The molecule has 3 rings (SSSR count). The summed E-state index contributed by atoms with van der Waals surface area (Å²) in [5, 5.41) is 6.65. The molecule has 2 heterocycles. The summed E-state index contributed by atoms with van der Waals surface area (Å²) >= 11 is 1.65. The predicted molar refractivity (Wildman–Crippen MR) is 75.8 cm³/mol. The van der Waals surface area contributed by atoms with Crippen LogP contribution in [0.4, 0.5) is 5.82 Å². The average Bonchev–Trinajstić information content (AvgIpc) is 2.85. The Bertz CT molecular complexity index is 524. The van der Waals surface area contributed by atoms with Gasteiger partial charge in [-0.25, -0.2) is 9.97 Å². The molecule has 2 unspecified atom stereocenters. The summed E-state index contributed by atoms with van der Waals surface area (Å²) in [7, 11) is 0. The largest absolute Gasteiger partial charge is 0.369 e. The van der Waals surface area contributed by atoms with Gasteiger partial charge in [0.25, 0.3) is 0 Å². The third-order valence-corrected chi connectivity index (χ3v) is 4.46. The van der Waals surface area contributed by atoms with Gasteiger partial charge >= 0.3 is 0 Å². The van der Waals surface area contributed by atoms with Crippen LogP contribution in [-0.4, -0.2) is 22.6 Å². The molecule has 0 aromatic carbocycles. The lowest BCUT2D eigenvalue weighted by atomic mass is 9.86. The van der Waals surface area contributed by atoms with E-state index in [-0.39, 0.29) is 0 Å². The van der Waals surface area contributed by atoms with Crippen LogP contribution in [-0.2, 0) is 0 Å². The number of hydrogen-bond donors (Lipinski definition) is 2. The first kappa shape index (κ1) is 11.9. The molecule has 2 aromatic rings. The molecule has 5 heteroatoms. The zero-order valence-corrected chi connectivity index (χ0v) is 11.1. The summed E-state index contributed by atoms with van der Waals surface area (Å²) in [6, 6.07) is 2.46. The van der Waals surface area contributed by atoms with Crippen molar-refractivity contribution < 1.29 is 0 Å². The number of fused-ring (bicyclic) bond motifs is 1.